The molecule has 9 heteroatoms. The number of alkyl halides is 1. The molecule has 5 atom stereocenters. The molecule has 2 aliphatic heterocycles. The van der Waals surface area contributed by atoms with Gasteiger partial charge in [0.25, 0.3) is 11.4 Å². The molecule has 20 heavy (non-hydrogen) atoms. The van der Waals surface area contributed by atoms with Crippen LogP contribution in [0, 0.1) is 0 Å². The fourth-order valence-electron chi connectivity index (χ4n) is 3.27. The van der Waals surface area contributed by atoms with Gasteiger partial charge in [-0.05, 0) is 6.92 Å². The summed E-state index contributed by atoms with van der Waals surface area (Å²) in [5.74, 6) is -2.42. The number of nitrogens with zero attached hydrogens (tertiary/aromatic N) is 1. The largest absolute Gasteiger partial charge is 0.384 e. The number of hydrogen-bond acceptors (Lipinski definition) is 6. The van der Waals surface area contributed by atoms with Gasteiger partial charge in [0.1, 0.15) is 6.79 Å². The topological polar surface area (TPSA) is 103 Å². The SMILES string of the molecule is C[C@@]12OCO[C@@]13C(O)[C@@]3(F)OC2n1ccc(=O)[nH]c1=O. The highest BCUT2D eigenvalue weighted by atomic mass is 19.2. The predicted octanol–water partition coefficient (Wildman–Crippen LogP) is -1.39. The summed E-state index contributed by atoms with van der Waals surface area (Å²) in [6.45, 7) is 1.29. The minimum Gasteiger partial charge on any atom is -0.384 e. The molecule has 1 spiro atoms. The van der Waals surface area contributed by atoms with Gasteiger partial charge in [-0.2, -0.15) is 0 Å². The van der Waals surface area contributed by atoms with Crippen LogP contribution in [0.3, 0.4) is 0 Å². The second kappa shape index (κ2) is 3.19. The Bertz CT molecular complexity index is 717. The summed E-state index contributed by atoms with van der Waals surface area (Å²) in [6.07, 6.45) is -1.44. The Kier molecular flexibility index (Phi) is 1.95. The zero-order chi connectivity index (χ0) is 14.3. The smallest absolute Gasteiger partial charge is 0.330 e. The molecule has 2 saturated heterocycles. The summed E-state index contributed by atoms with van der Waals surface area (Å²) < 4.78 is 31.4. The van der Waals surface area contributed by atoms with Gasteiger partial charge >= 0.3 is 5.69 Å². The van der Waals surface area contributed by atoms with Crippen LogP contribution in [0.15, 0.2) is 21.9 Å². The van der Waals surface area contributed by atoms with Crippen molar-refractivity contribution >= 4 is 0 Å². The maximum absolute atomic E-state index is 14.6. The zero-order valence-electron chi connectivity index (χ0n) is 10.3. The molecule has 1 aliphatic carbocycles. The van der Waals surface area contributed by atoms with Crippen LogP contribution in [0.4, 0.5) is 4.39 Å². The lowest BCUT2D eigenvalue weighted by Gasteiger charge is -2.31. The van der Waals surface area contributed by atoms with Crippen LogP contribution in [-0.4, -0.2) is 44.6 Å². The third kappa shape index (κ3) is 1.01. The number of ether oxygens (including phenoxy) is 3. The minimum absolute atomic E-state index is 0.211. The monoisotopic (exact) mass is 286 g/mol. The van der Waals surface area contributed by atoms with Crippen molar-refractivity contribution in [1.82, 2.24) is 9.55 Å². The van der Waals surface area contributed by atoms with E-state index in [0.29, 0.717) is 0 Å². The van der Waals surface area contributed by atoms with Crippen molar-refractivity contribution in [1.29, 1.82) is 0 Å². The summed E-state index contributed by atoms with van der Waals surface area (Å²) in [4.78, 5) is 24.9. The second-order valence-corrected chi connectivity index (χ2v) is 5.28. The summed E-state index contributed by atoms with van der Waals surface area (Å²) in [6, 6.07) is 1.11. The van der Waals surface area contributed by atoms with Crippen LogP contribution in [0.1, 0.15) is 13.2 Å². The Morgan fingerprint density at radius 3 is 2.95 bits per heavy atom. The van der Waals surface area contributed by atoms with Gasteiger partial charge in [-0.15, -0.1) is 0 Å². The summed E-state index contributed by atoms with van der Waals surface area (Å²) in [5, 5.41) is 9.76. The fourth-order valence-corrected chi connectivity index (χ4v) is 3.27. The van der Waals surface area contributed by atoms with E-state index in [2.05, 4.69) is 4.98 Å². The van der Waals surface area contributed by atoms with Crippen LogP contribution in [0.25, 0.3) is 0 Å². The molecule has 3 fully saturated rings. The zero-order valence-corrected chi connectivity index (χ0v) is 10.3. The van der Waals surface area contributed by atoms with Gasteiger partial charge in [0.15, 0.2) is 23.5 Å². The number of aliphatic hydroxyl groups excluding tert-OH is 1. The highest BCUT2D eigenvalue weighted by Crippen LogP contribution is 2.72. The van der Waals surface area contributed by atoms with Crippen LogP contribution in [-0.2, 0) is 14.2 Å². The van der Waals surface area contributed by atoms with Crippen LogP contribution < -0.4 is 11.2 Å². The summed E-state index contributed by atoms with van der Waals surface area (Å²) in [7, 11) is 0. The number of H-pyrrole nitrogens is 1. The second-order valence-electron chi connectivity index (χ2n) is 5.28. The van der Waals surface area contributed by atoms with E-state index < -0.39 is 40.6 Å². The summed E-state index contributed by atoms with van der Waals surface area (Å²) in [5.41, 5.74) is -4.34. The number of nitrogens with one attached hydrogen (secondary N) is 1. The lowest BCUT2D eigenvalue weighted by Crippen LogP contribution is -2.49. The minimum atomic E-state index is -2.42. The Labute approximate surface area is 110 Å². The lowest BCUT2D eigenvalue weighted by molar-refractivity contribution is -0.190. The number of hydrogen-bond donors (Lipinski definition) is 2. The van der Waals surface area contributed by atoms with Crippen molar-refractivity contribution in [2.24, 2.45) is 0 Å². The molecule has 0 radical (unpaired) electrons. The van der Waals surface area contributed by atoms with Crippen molar-refractivity contribution in [2.75, 3.05) is 6.79 Å². The standard InChI is InChI=1S/C11H11FN2O6/c1-9-7(14-3-2-5(15)13-8(14)17)20-11(12)6(16)10(9,11)19-4-18-9/h2-3,6-7,16H,4H2,1H3,(H,13,15,17)/t6?,7?,9-,10-,11+/m0/s1. The van der Waals surface area contributed by atoms with E-state index in [0.717, 1.165) is 10.6 Å². The molecule has 4 rings (SSSR count). The van der Waals surface area contributed by atoms with E-state index in [4.69, 9.17) is 14.2 Å². The molecular formula is C11H11FN2O6. The molecule has 2 N–H and O–H groups in total. The van der Waals surface area contributed by atoms with E-state index in [9.17, 15) is 19.1 Å². The van der Waals surface area contributed by atoms with Gasteiger partial charge < -0.3 is 19.3 Å². The average molecular weight is 286 g/mol. The molecule has 0 bridgehead atoms. The molecule has 1 aromatic heterocycles. The molecule has 3 aliphatic rings. The van der Waals surface area contributed by atoms with Crippen molar-refractivity contribution in [3.05, 3.63) is 33.1 Å². The highest BCUT2D eigenvalue weighted by molar-refractivity contribution is 5.37. The van der Waals surface area contributed by atoms with Crippen molar-refractivity contribution < 1.29 is 23.7 Å². The molecule has 3 heterocycles. The van der Waals surface area contributed by atoms with Crippen molar-refractivity contribution in [3.8, 4) is 0 Å². The number of aliphatic hydroxyl groups is 1. The van der Waals surface area contributed by atoms with Gasteiger partial charge in [-0.3, -0.25) is 14.3 Å². The first kappa shape index (κ1) is 12.2. The van der Waals surface area contributed by atoms with E-state index in [1.54, 1.807) is 0 Å². The molecular weight excluding hydrogens is 275 g/mol. The van der Waals surface area contributed by atoms with E-state index in [-0.39, 0.29) is 6.79 Å². The molecule has 1 saturated carbocycles. The third-order valence-corrected chi connectivity index (χ3v) is 4.40. The van der Waals surface area contributed by atoms with Gasteiger partial charge in [-0.1, -0.05) is 0 Å². The van der Waals surface area contributed by atoms with E-state index >= 15 is 0 Å². The third-order valence-electron chi connectivity index (χ3n) is 4.40. The van der Waals surface area contributed by atoms with Gasteiger partial charge in [0, 0.05) is 12.3 Å². The molecule has 8 nitrogen and oxygen atoms in total. The quantitative estimate of drug-likeness (QED) is 0.659. The Hall–Kier alpha value is -1.55. The predicted molar refractivity (Wildman–Crippen MR) is 59.5 cm³/mol. The van der Waals surface area contributed by atoms with E-state index in [1.807, 2.05) is 0 Å². The number of aromatic amines is 1. The van der Waals surface area contributed by atoms with Gasteiger partial charge in [0.2, 0.25) is 0 Å². The average Bonchev–Trinajstić information content (AvgIpc) is 2.69. The summed E-state index contributed by atoms with van der Waals surface area (Å²) >= 11 is 0. The first-order valence-corrected chi connectivity index (χ1v) is 6.01. The number of aromatic nitrogens is 2. The molecule has 2 unspecified atom stereocenters. The Morgan fingerprint density at radius 1 is 1.50 bits per heavy atom. The number of rotatable bonds is 1. The maximum Gasteiger partial charge on any atom is 0.330 e. The Morgan fingerprint density at radius 2 is 2.25 bits per heavy atom. The lowest BCUT2D eigenvalue weighted by atomic mass is 9.95. The van der Waals surface area contributed by atoms with Crippen LogP contribution in [0.5, 0.6) is 0 Å². The Balaban J connectivity index is 1.86. The highest BCUT2D eigenvalue weighted by Gasteiger charge is 2.97. The molecule has 0 amide bonds. The van der Waals surface area contributed by atoms with Crippen molar-refractivity contribution in [2.45, 2.75) is 36.3 Å². The fraction of sp³-hybridized carbons (Fsp3) is 0.636. The van der Waals surface area contributed by atoms with Crippen molar-refractivity contribution in [3.63, 3.8) is 0 Å². The first-order chi connectivity index (χ1) is 9.37. The molecule has 108 valence electrons. The van der Waals surface area contributed by atoms with Gasteiger partial charge in [-0.25, -0.2) is 9.18 Å². The molecule has 1 aromatic rings. The van der Waals surface area contributed by atoms with E-state index in [1.165, 1.54) is 13.1 Å². The van der Waals surface area contributed by atoms with Gasteiger partial charge in [0.05, 0.1) is 0 Å². The van der Waals surface area contributed by atoms with Crippen LogP contribution >= 0.6 is 0 Å². The molecule has 0 aromatic carbocycles. The first-order valence-electron chi connectivity index (χ1n) is 6.01. The normalized spacial score (nSPS) is 49.0. The number of halogens is 1. The maximum atomic E-state index is 14.6. The van der Waals surface area contributed by atoms with Crippen LogP contribution in [0.2, 0.25) is 0 Å².